The van der Waals surface area contributed by atoms with Crippen LogP contribution in [0.5, 0.6) is 0 Å². The van der Waals surface area contributed by atoms with Gasteiger partial charge in [-0.05, 0) is 54.5 Å². The first-order chi connectivity index (χ1) is 6.84. The van der Waals surface area contributed by atoms with Crippen LogP contribution in [-0.2, 0) is 0 Å². The number of rotatable bonds is 1. The van der Waals surface area contributed by atoms with Gasteiger partial charge in [-0.3, -0.25) is 0 Å². The molecule has 0 radical (unpaired) electrons. The lowest BCUT2D eigenvalue weighted by Gasteiger charge is -2.04. The van der Waals surface area contributed by atoms with Crippen molar-refractivity contribution in [1.29, 1.82) is 0 Å². The highest BCUT2D eigenvalue weighted by molar-refractivity contribution is 14.1. The lowest BCUT2D eigenvalue weighted by atomic mass is 10.0. The second-order valence-electron chi connectivity index (χ2n) is 4.92. The molecule has 1 aromatic heterocycles. The number of hydrogen-bond acceptors (Lipinski definition) is 3. The summed E-state index contributed by atoms with van der Waals surface area (Å²) >= 11 is 3.86. The summed E-state index contributed by atoms with van der Waals surface area (Å²) in [6.45, 7) is 0. The highest BCUT2D eigenvalue weighted by Gasteiger charge is 2.66. The Balaban J connectivity index is 1.66. The molecule has 0 amide bonds. The fraction of sp³-hybridized carbons (Fsp3) is 0.800. The minimum absolute atomic E-state index is 0.822. The number of halogens is 1. The molecule has 0 N–H and O–H groups in total. The molecule has 0 aliphatic heterocycles. The predicted molar refractivity (Wildman–Crippen MR) is 63.2 cm³/mol. The maximum Gasteiger partial charge on any atom is 0.203 e. The first-order valence-electron chi connectivity index (χ1n) is 5.33. The van der Waals surface area contributed by atoms with Gasteiger partial charge in [0.1, 0.15) is 5.01 Å². The summed E-state index contributed by atoms with van der Waals surface area (Å²) < 4.78 is 5.24. The predicted octanol–water partition coefficient (Wildman–Crippen LogP) is 2.90. The molecule has 74 valence electrons. The van der Waals surface area contributed by atoms with Crippen LogP contribution in [0.3, 0.4) is 0 Å². The standard InChI is InChI=1S/C10H11IN2S/c11-10-12-9(14-13-10)8-6-4-1-2-5(3-4)7(6)8/h4-8H,1-3H2. The van der Waals surface area contributed by atoms with E-state index in [0.717, 1.165) is 33.4 Å². The Hall–Kier alpha value is 0.290. The van der Waals surface area contributed by atoms with Crippen LogP contribution >= 0.6 is 34.1 Å². The topological polar surface area (TPSA) is 25.8 Å². The van der Waals surface area contributed by atoms with Crippen molar-refractivity contribution in [2.24, 2.45) is 23.7 Å². The maximum absolute atomic E-state index is 4.55. The molecule has 4 unspecified atom stereocenters. The van der Waals surface area contributed by atoms with Gasteiger partial charge in [0.15, 0.2) is 0 Å². The van der Waals surface area contributed by atoms with Gasteiger partial charge in [0.05, 0.1) is 0 Å². The first kappa shape index (κ1) is 8.44. The van der Waals surface area contributed by atoms with E-state index in [1.54, 1.807) is 11.5 Å². The van der Waals surface area contributed by atoms with Gasteiger partial charge in [0.2, 0.25) is 3.83 Å². The molecule has 4 rings (SSSR count). The average molecular weight is 318 g/mol. The summed E-state index contributed by atoms with van der Waals surface area (Å²) in [7, 11) is 0. The third-order valence-electron chi connectivity index (χ3n) is 4.44. The van der Waals surface area contributed by atoms with Crippen LogP contribution in [-0.4, -0.2) is 9.36 Å². The van der Waals surface area contributed by atoms with Gasteiger partial charge in [-0.15, -0.1) is 0 Å². The SMILES string of the molecule is Ic1nsc(C2C3C4CCC(C4)C23)n1. The minimum atomic E-state index is 0.822. The minimum Gasteiger partial charge on any atom is -0.215 e. The summed E-state index contributed by atoms with van der Waals surface area (Å²) in [4.78, 5) is 4.55. The molecule has 2 bridgehead atoms. The average Bonchev–Trinajstić information content (AvgIpc) is 2.58. The molecule has 1 aromatic rings. The van der Waals surface area contributed by atoms with Gasteiger partial charge >= 0.3 is 0 Å². The molecular weight excluding hydrogens is 307 g/mol. The van der Waals surface area contributed by atoms with E-state index in [2.05, 4.69) is 31.9 Å². The van der Waals surface area contributed by atoms with Crippen molar-refractivity contribution in [3.63, 3.8) is 0 Å². The van der Waals surface area contributed by atoms with Crippen LogP contribution < -0.4 is 0 Å². The molecule has 0 aromatic carbocycles. The van der Waals surface area contributed by atoms with Gasteiger partial charge in [0, 0.05) is 28.5 Å². The molecule has 2 nitrogen and oxygen atoms in total. The van der Waals surface area contributed by atoms with Gasteiger partial charge < -0.3 is 0 Å². The van der Waals surface area contributed by atoms with Crippen molar-refractivity contribution in [2.45, 2.75) is 25.2 Å². The molecule has 3 aliphatic rings. The third-order valence-corrected chi connectivity index (χ3v) is 6.06. The number of hydrogen-bond donors (Lipinski definition) is 0. The number of nitrogens with zero attached hydrogens (tertiary/aromatic N) is 2. The molecule has 3 aliphatic carbocycles. The molecule has 0 spiro atoms. The summed E-state index contributed by atoms with van der Waals surface area (Å²) in [5.74, 6) is 4.95. The van der Waals surface area contributed by atoms with E-state index in [1.165, 1.54) is 24.3 Å². The van der Waals surface area contributed by atoms with E-state index in [9.17, 15) is 0 Å². The van der Waals surface area contributed by atoms with Crippen molar-refractivity contribution < 1.29 is 0 Å². The fourth-order valence-electron chi connectivity index (χ4n) is 4.01. The highest BCUT2D eigenvalue weighted by Crippen LogP contribution is 2.73. The largest absolute Gasteiger partial charge is 0.215 e. The number of aromatic nitrogens is 2. The van der Waals surface area contributed by atoms with Gasteiger partial charge in [-0.25, -0.2) is 4.98 Å². The fourth-order valence-corrected chi connectivity index (χ4v) is 5.50. The van der Waals surface area contributed by atoms with Crippen LogP contribution in [0, 0.1) is 27.5 Å². The Bertz CT molecular complexity index is 375. The first-order valence-corrected chi connectivity index (χ1v) is 7.19. The zero-order valence-electron chi connectivity index (χ0n) is 7.69. The quantitative estimate of drug-likeness (QED) is 0.744. The Morgan fingerprint density at radius 3 is 2.50 bits per heavy atom. The van der Waals surface area contributed by atoms with Crippen LogP contribution in [0.25, 0.3) is 0 Å². The zero-order valence-corrected chi connectivity index (χ0v) is 10.7. The van der Waals surface area contributed by atoms with Crippen LogP contribution in [0.1, 0.15) is 30.2 Å². The molecule has 3 saturated carbocycles. The second-order valence-corrected chi connectivity index (χ2v) is 6.66. The molecule has 3 fully saturated rings. The van der Waals surface area contributed by atoms with Crippen molar-refractivity contribution in [3.05, 3.63) is 8.84 Å². The lowest BCUT2D eigenvalue weighted by molar-refractivity contribution is 0.456. The summed E-state index contributed by atoms with van der Waals surface area (Å²) in [5.41, 5.74) is 0. The van der Waals surface area contributed by atoms with Crippen molar-refractivity contribution in [1.82, 2.24) is 9.36 Å². The second kappa shape index (κ2) is 2.70. The Morgan fingerprint density at radius 2 is 1.93 bits per heavy atom. The van der Waals surface area contributed by atoms with Crippen LogP contribution in [0.15, 0.2) is 0 Å². The smallest absolute Gasteiger partial charge is 0.203 e. The van der Waals surface area contributed by atoms with Gasteiger partial charge in [-0.1, -0.05) is 0 Å². The summed E-state index contributed by atoms with van der Waals surface area (Å²) in [6.07, 6.45) is 4.53. The monoisotopic (exact) mass is 318 g/mol. The van der Waals surface area contributed by atoms with Crippen molar-refractivity contribution in [2.75, 3.05) is 0 Å². The van der Waals surface area contributed by atoms with E-state index in [-0.39, 0.29) is 0 Å². The van der Waals surface area contributed by atoms with Crippen molar-refractivity contribution >= 4 is 34.1 Å². The molecule has 0 saturated heterocycles. The summed E-state index contributed by atoms with van der Waals surface area (Å²) in [5, 5.41) is 1.33. The van der Waals surface area contributed by atoms with Gasteiger partial charge in [-0.2, -0.15) is 4.37 Å². The Labute approximate surface area is 101 Å². The maximum atomic E-state index is 4.55. The van der Waals surface area contributed by atoms with Crippen LogP contribution in [0.2, 0.25) is 0 Å². The highest BCUT2D eigenvalue weighted by atomic mass is 127. The van der Waals surface area contributed by atoms with Gasteiger partial charge in [0.25, 0.3) is 0 Å². The Kier molecular flexibility index (Phi) is 1.63. The molecule has 4 atom stereocenters. The van der Waals surface area contributed by atoms with E-state index in [1.807, 2.05) is 0 Å². The summed E-state index contributed by atoms with van der Waals surface area (Å²) in [6, 6.07) is 0. The van der Waals surface area contributed by atoms with E-state index < -0.39 is 0 Å². The normalized spacial score (nSPS) is 48.2. The van der Waals surface area contributed by atoms with E-state index >= 15 is 0 Å². The molecule has 14 heavy (non-hydrogen) atoms. The third kappa shape index (κ3) is 0.965. The molecular formula is C10H11IN2S. The molecule has 4 heteroatoms. The van der Waals surface area contributed by atoms with E-state index in [4.69, 9.17) is 0 Å². The van der Waals surface area contributed by atoms with Crippen molar-refractivity contribution in [3.8, 4) is 0 Å². The van der Waals surface area contributed by atoms with E-state index in [0.29, 0.717) is 0 Å². The van der Waals surface area contributed by atoms with Crippen LogP contribution in [0.4, 0.5) is 0 Å². The Morgan fingerprint density at radius 1 is 1.21 bits per heavy atom. The zero-order chi connectivity index (χ0) is 9.28. The number of fused-ring (bicyclic) bond motifs is 5. The molecule has 1 heterocycles. The lowest BCUT2D eigenvalue weighted by Crippen LogP contribution is -1.96.